The number of rotatable bonds is 12. The van der Waals surface area contributed by atoms with Crippen LogP contribution in [0.1, 0.15) is 81.7 Å². The molecule has 37 heavy (non-hydrogen) atoms. The zero-order valence-electron chi connectivity index (χ0n) is 23.2. The first-order valence-electron chi connectivity index (χ1n) is 13.2. The lowest BCUT2D eigenvalue weighted by Crippen LogP contribution is -2.48. The van der Waals surface area contributed by atoms with E-state index >= 15 is 0 Å². The highest BCUT2D eigenvalue weighted by Crippen LogP contribution is 2.27. The Morgan fingerprint density at radius 2 is 1.62 bits per heavy atom. The second-order valence-corrected chi connectivity index (χ2v) is 10.4. The quantitative estimate of drug-likeness (QED) is 0.365. The summed E-state index contributed by atoms with van der Waals surface area (Å²) in [4.78, 5) is 41.1. The number of unbranched alkanes of at least 4 members (excludes halogenated alkanes) is 3. The highest BCUT2D eigenvalue weighted by Gasteiger charge is 2.32. The molecule has 0 heterocycles. The maximum absolute atomic E-state index is 13.7. The molecule has 3 amide bonds. The molecule has 1 unspecified atom stereocenters. The summed E-state index contributed by atoms with van der Waals surface area (Å²) in [6.07, 6.45) is 3.16. The van der Waals surface area contributed by atoms with Gasteiger partial charge in [0.05, 0.1) is 0 Å². The summed E-state index contributed by atoms with van der Waals surface area (Å²) in [5.74, 6) is -0.582. The second-order valence-electron chi connectivity index (χ2n) is 10.4. The molecule has 0 saturated carbocycles. The monoisotopic (exact) mass is 509 g/mol. The molecule has 0 aliphatic heterocycles. The van der Waals surface area contributed by atoms with E-state index in [1.54, 1.807) is 25.7 Å². The third-order valence-electron chi connectivity index (χ3n) is 6.17. The molecule has 0 fully saturated rings. The van der Waals surface area contributed by atoms with Crippen molar-refractivity contribution in [2.24, 2.45) is 0 Å². The van der Waals surface area contributed by atoms with E-state index in [0.717, 1.165) is 47.9 Å². The molecule has 1 atom stereocenters. The van der Waals surface area contributed by atoms with E-state index in [4.69, 9.17) is 4.74 Å². The van der Waals surface area contributed by atoms with Gasteiger partial charge in [0.25, 0.3) is 0 Å². The first-order valence-corrected chi connectivity index (χ1v) is 13.2. The van der Waals surface area contributed by atoms with Gasteiger partial charge in [0.15, 0.2) is 0 Å². The van der Waals surface area contributed by atoms with Crippen molar-refractivity contribution in [1.82, 2.24) is 15.5 Å². The van der Waals surface area contributed by atoms with Crippen LogP contribution in [0.15, 0.2) is 48.5 Å². The lowest BCUT2D eigenvalue weighted by Gasteiger charge is -2.33. The van der Waals surface area contributed by atoms with Gasteiger partial charge in [-0.3, -0.25) is 9.59 Å². The summed E-state index contributed by atoms with van der Waals surface area (Å²) >= 11 is 0. The largest absolute Gasteiger partial charge is 0.444 e. The van der Waals surface area contributed by atoms with Gasteiger partial charge in [-0.2, -0.15) is 0 Å². The fourth-order valence-electron chi connectivity index (χ4n) is 4.07. The molecule has 2 N–H and O–H groups in total. The summed E-state index contributed by atoms with van der Waals surface area (Å²) in [6.45, 7) is 11.9. The van der Waals surface area contributed by atoms with Crippen molar-refractivity contribution in [2.75, 3.05) is 13.1 Å². The number of hydrogen-bond donors (Lipinski definition) is 2. The molecule has 7 heteroatoms. The predicted molar refractivity (Wildman–Crippen MR) is 147 cm³/mol. The average molecular weight is 510 g/mol. The molecule has 0 radical (unpaired) electrons. The predicted octanol–water partition coefficient (Wildman–Crippen LogP) is 5.59. The first-order chi connectivity index (χ1) is 17.5. The molecule has 0 aliphatic carbocycles. The summed E-state index contributed by atoms with van der Waals surface area (Å²) < 4.78 is 5.30. The SMILES string of the molecule is CCCCCCN(C(=O)CNC(=O)OC(C)(C)C)C(C(=O)NCc1ccccc1)c1cccc(C)c1C. The van der Waals surface area contributed by atoms with Crippen LogP contribution in [0.25, 0.3) is 0 Å². The van der Waals surface area contributed by atoms with Crippen molar-refractivity contribution in [3.8, 4) is 0 Å². The van der Waals surface area contributed by atoms with Gasteiger partial charge < -0.3 is 20.3 Å². The number of benzene rings is 2. The lowest BCUT2D eigenvalue weighted by atomic mass is 9.95. The van der Waals surface area contributed by atoms with E-state index in [1.807, 2.05) is 62.4 Å². The number of amides is 3. The van der Waals surface area contributed by atoms with E-state index in [-0.39, 0.29) is 18.4 Å². The second kappa shape index (κ2) is 14.4. The Kier molecular flexibility index (Phi) is 11.6. The van der Waals surface area contributed by atoms with Crippen molar-refractivity contribution in [3.05, 3.63) is 70.8 Å². The van der Waals surface area contributed by atoms with Crippen molar-refractivity contribution in [3.63, 3.8) is 0 Å². The van der Waals surface area contributed by atoms with E-state index in [2.05, 4.69) is 17.6 Å². The molecular weight excluding hydrogens is 466 g/mol. The van der Waals surface area contributed by atoms with Crippen LogP contribution in [0, 0.1) is 13.8 Å². The van der Waals surface area contributed by atoms with Crippen molar-refractivity contribution in [2.45, 2.75) is 85.4 Å². The summed E-state index contributed by atoms with van der Waals surface area (Å²) in [6, 6.07) is 14.7. The molecule has 0 aliphatic rings. The fraction of sp³-hybridized carbons (Fsp3) is 0.500. The van der Waals surface area contributed by atoms with Crippen LogP contribution in [0.3, 0.4) is 0 Å². The van der Waals surface area contributed by atoms with Gasteiger partial charge in [0, 0.05) is 13.1 Å². The van der Waals surface area contributed by atoms with Crippen LogP contribution in [0.4, 0.5) is 4.79 Å². The fourth-order valence-corrected chi connectivity index (χ4v) is 4.07. The Balaban J connectivity index is 2.35. The van der Waals surface area contributed by atoms with E-state index in [9.17, 15) is 14.4 Å². The van der Waals surface area contributed by atoms with Crippen LogP contribution in [-0.4, -0.2) is 41.5 Å². The van der Waals surface area contributed by atoms with Crippen LogP contribution in [0.2, 0.25) is 0 Å². The van der Waals surface area contributed by atoms with Gasteiger partial charge in [0.2, 0.25) is 11.8 Å². The normalized spacial score (nSPS) is 11.9. The highest BCUT2D eigenvalue weighted by atomic mass is 16.6. The number of carbonyl (C=O) groups is 3. The van der Waals surface area contributed by atoms with Crippen molar-refractivity contribution < 1.29 is 19.1 Å². The minimum Gasteiger partial charge on any atom is -0.444 e. The topological polar surface area (TPSA) is 87.7 Å². The number of aryl methyl sites for hydroxylation is 1. The van der Waals surface area contributed by atoms with Gasteiger partial charge in [-0.1, -0.05) is 74.7 Å². The molecule has 0 saturated heterocycles. The average Bonchev–Trinajstić information content (AvgIpc) is 2.85. The van der Waals surface area contributed by atoms with Gasteiger partial charge in [-0.25, -0.2) is 4.79 Å². The number of ether oxygens (including phenoxy) is 1. The molecule has 202 valence electrons. The van der Waals surface area contributed by atoms with Crippen LogP contribution in [-0.2, 0) is 20.9 Å². The first kappa shape index (κ1) is 29.9. The Hall–Kier alpha value is -3.35. The minimum absolute atomic E-state index is 0.251. The number of hydrogen-bond acceptors (Lipinski definition) is 4. The summed E-state index contributed by atoms with van der Waals surface area (Å²) in [5.41, 5.74) is 3.10. The maximum atomic E-state index is 13.7. The van der Waals surface area contributed by atoms with Gasteiger partial charge in [-0.05, 0) is 63.3 Å². The number of carbonyl (C=O) groups excluding carboxylic acids is 3. The highest BCUT2D eigenvalue weighted by molar-refractivity contribution is 5.90. The van der Waals surface area contributed by atoms with Gasteiger partial charge in [-0.15, -0.1) is 0 Å². The van der Waals surface area contributed by atoms with E-state index in [1.165, 1.54) is 0 Å². The minimum atomic E-state index is -0.821. The Bertz CT molecular complexity index is 1030. The smallest absolute Gasteiger partial charge is 0.408 e. The Morgan fingerprint density at radius 1 is 0.919 bits per heavy atom. The molecule has 0 spiro atoms. The third kappa shape index (κ3) is 9.90. The van der Waals surface area contributed by atoms with Crippen LogP contribution >= 0.6 is 0 Å². The van der Waals surface area contributed by atoms with Crippen LogP contribution in [0.5, 0.6) is 0 Å². The van der Waals surface area contributed by atoms with E-state index < -0.39 is 17.7 Å². The zero-order chi connectivity index (χ0) is 27.4. The standard InChI is InChI=1S/C30H43N3O4/c1-7-8-9-13-19-33(26(34)21-32-29(36)37-30(4,5)6)27(25-18-14-15-22(2)23(25)3)28(35)31-20-24-16-11-10-12-17-24/h10-12,14-18,27H,7-9,13,19-21H2,1-6H3,(H,31,35)(H,32,36). The van der Waals surface area contributed by atoms with E-state index in [0.29, 0.717) is 13.1 Å². The molecule has 0 bridgehead atoms. The number of nitrogens with zero attached hydrogens (tertiary/aromatic N) is 1. The Morgan fingerprint density at radius 3 is 2.27 bits per heavy atom. The molecule has 0 aromatic heterocycles. The summed E-state index contributed by atoms with van der Waals surface area (Å²) in [7, 11) is 0. The van der Waals surface area contributed by atoms with Gasteiger partial charge >= 0.3 is 6.09 Å². The lowest BCUT2D eigenvalue weighted by molar-refractivity contribution is -0.140. The number of nitrogens with one attached hydrogen (secondary N) is 2. The Labute approximate surface area is 222 Å². The van der Waals surface area contributed by atoms with Crippen LogP contribution < -0.4 is 10.6 Å². The molecule has 7 nitrogen and oxygen atoms in total. The maximum Gasteiger partial charge on any atom is 0.408 e. The van der Waals surface area contributed by atoms with Crippen molar-refractivity contribution >= 4 is 17.9 Å². The number of alkyl carbamates (subject to hydrolysis) is 1. The third-order valence-corrected chi connectivity index (χ3v) is 6.17. The molecule has 2 aromatic carbocycles. The van der Waals surface area contributed by atoms with Crippen molar-refractivity contribution in [1.29, 1.82) is 0 Å². The summed E-state index contributed by atoms with van der Waals surface area (Å²) in [5, 5.41) is 5.60. The molecular formula is C30H43N3O4. The van der Waals surface area contributed by atoms with Gasteiger partial charge in [0.1, 0.15) is 18.2 Å². The molecule has 2 aromatic rings. The zero-order valence-corrected chi connectivity index (χ0v) is 23.2. The molecule has 2 rings (SSSR count).